The Hall–Kier alpha value is -2.28. The molecular formula is C12H12N2O2. The van der Waals surface area contributed by atoms with Gasteiger partial charge < -0.3 is 9.72 Å². The monoisotopic (exact) mass is 216 g/mol. The topological polar surface area (TPSA) is 65.9 Å². The van der Waals surface area contributed by atoms with Crippen LogP contribution in [0.2, 0.25) is 0 Å². The minimum atomic E-state index is 0.431. The summed E-state index contributed by atoms with van der Waals surface area (Å²) in [7, 11) is 0. The largest absolute Gasteiger partial charge is 0.468 e. The first-order chi connectivity index (χ1) is 7.81. The molecule has 0 aliphatic heterocycles. The van der Waals surface area contributed by atoms with Crippen LogP contribution in [0.3, 0.4) is 0 Å². The van der Waals surface area contributed by atoms with Crippen LogP contribution in [0.1, 0.15) is 12.5 Å². The Morgan fingerprint density at radius 2 is 2.31 bits per heavy atom. The molecule has 0 amide bonds. The molecule has 0 fully saturated rings. The summed E-state index contributed by atoms with van der Waals surface area (Å²) in [6, 6.07) is 9.63. The molecule has 0 spiro atoms. The minimum Gasteiger partial charge on any atom is -0.468 e. The van der Waals surface area contributed by atoms with Crippen molar-refractivity contribution in [2.75, 3.05) is 6.61 Å². The number of nitriles is 1. The molecule has 4 nitrogen and oxygen atoms in total. The quantitative estimate of drug-likeness (QED) is 0.783. The third-order valence-electron chi connectivity index (χ3n) is 1.92. The third kappa shape index (κ3) is 3.14. The Bertz CT molecular complexity index is 497. The highest BCUT2D eigenvalue weighted by Crippen LogP contribution is 2.12. The van der Waals surface area contributed by atoms with E-state index in [1.807, 2.05) is 24.4 Å². The number of hydrogen-bond donors (Lipinski definition) is 1. The number of benzene rings is 1. The van der Waals surface area contributed by atoms with E-state index in [9.17, 15) is 4.79 Å². The number of rotatable bonds is 2. The maximum atomic E-state index is 9.18. The molecule has 82 valence electrons. The van der Waals surface area contributed by atoms with Gasteiger partial charge in [0, 0.05) is 17.1 Å². The highest BCUT2D eigenvalue weighted by atomic mass is 16.5. The summed E-state index contributed by atoms with van der Waals surface area (Å²) in [5, 5.41) is 9.66. The number of aromatic amines is 1. The zero-order valence-corrected chi connectivity index (χ0v) is 8.93. The molecule has 2 aromatic rings. The summed E-state index contributed by atoms with van der Waals surface area (Å²) in [5.74, 6) is 0. The SMILES string of the molecule is CCOC=O.N#Cc1ccc2[nH]ccc2c1. The zero-order chi connectivity index (χ0) is 11.8. The average Bonchev–Trinajstić information content (AvgIpc) is 2.77. The van der Waals surface area contributed by atoms with Gasteiger partial charge >= 0.3 is 0 Å². The van der Waals surface area contributed by atoms with E-state index in [0.29, 0.717) is 18.6 Å². The molecule has 1 heterocycles. The van der Waals surface area contributed by atoms with Gasteiger partial charge in [0.15, 0.2) is 0 Å². The molecule has 0 saturated carbocycles. The summed E-state index contributed by atoms with van der Waals surface area (Å²) in [6.07, 6.45) is 1.87. The van der Waals surface area contributed by atoms with Crippen molar-refractivity contribution < 1.29 is 9.53 Å². The molecule has 0 radical (unpaired) electrons. The fraction of sp³-hybridized carbons (Fsp3) is 0.167. The van der Waals surface area contributed by atoms with Gasteiger partial charge in [-0.1, -0.05) is 0 Å². The van der Waals surface area contributed by atoms with Crippen LogP contribution in [0.25, 0.3) is 10.9 Å². The number of carbonyl (C=O) groups excluding carboxylic acids is 1. The molecule has 1 aromatic heterocycles. The van der Waals surface area contributed by atoms with E-state index >= 15 is 0 Å². The first-order valence-corrected chi connectivity index (χ1v) is 4.84. The molecule has 0 atom stereocenters. The van der Waals surface area contributed by atoms with E-state index in [1.54, 1.807) is 13.0 Å². The van der Waals surface area contributed by atoms with Crippen LogP contribution in [0.15, 0.2) is 30.5 Å². The minimum absolute atomic E-state index is 0.431. The lowest BCUT2D eigenvalue weighted by molar-refractivity contribution is -0.128. The van der Waals surface area contributed by atoms with Crippen LogP contribution < -0.4 is 0 Å². The van der Waals surface area contributed by atoms with Crippen molar-refractivity contribution in [3.63, 3.8) is 0 Å². The maximum absolute atomic E-state index is 9.18. The van der Waals surface area contributed by atoms with Crippen LogP contribution in [-0.2, 0) is 9.53 Å². The number of nitrogens with zero attached hydrogens (tertiary/aromatic N) is 1. The van der Waals surface area contributed by atoms with Gasteiger partial charge in [-0.05, 0) is 31.2 Å². The van der Waals surface area contributed by atoms with E-state index in [1.165, 1.54) is 0 Å². The van der Waals surface area contributed by atoms with E-state index in [-0.39, 0.29) is 0 Å². The van der Waals surface area contributed by atoms with Gasteiger partial charge in [0.05, 0.1) is 18.2 Å². The van der Waals surface area contributed by atoms with Crippen LogP contribution in [0.5, 0.6) is 0 Å². The molecule has 1 N–H and O–H groups in total. The number of H-pyrrole nitrogens is 1. The van der Waals surface area contributed by atoms with Gasteiger partial charge in [0.1, 0.15) is 0 Å². The lowest BCUT2D eigenvalue weighted by Crippen LogP contribution is -1.80. The number of hydrogen-bond acceptors (Lipinski definition) is 3. The molecule has 0 aliphatic rings. The second kappa shape index (κ2) is 6.25. The van der Waals surface area contributed by atoms with Crippen LogP contribution in [0.4, 0.5) is 0 Å². The molecule has 0 bridgehead atoms. The van der Waals surface area contributed by atoms with E-state index in [4.69, 9.17) is 5.26 Å². The van der Waals surface area contributed by atoms with Gasteiger partial charge in [-0.25, -0.2) is 0 Å². The number of aromatic nitrogens is 1. The van der Waals surface area contributed by atoms with Crippen molar-refractivity contribution in [2.45, 2.75) is 6.92 Å². The smallest absolute Gasteiger partial charge is 0.293 e. The molecule has 0 unspecified atom stereocenters. The normalized spacial score (nSPS) is 8.75. The van der Waals surface area contributed by atoms with Crippen LogP contribution >= 0.6 is 0 Å². The van der Waals surface area contributed by atoms with Crippen molar-refractivity contribution in [2.24, 2.45) is 0 Å². The van der Waals surface area contributed by atoms with E-state index in [2.05, 4.69) is 15.8 Å². The summed E-state index contributed by atoms with van der Waals surface area (Å²) < 4.78 is 4.15. The highest BCUT2D eigenvalue weighted by molar-refractivity contribution is 5.80. The molecule has 0 saturated heterocycles. The highest BCUT2D eigenvalue weighted by Gasteiger charge is 1.94. The Morgan fingerprint density at radius 3 is 2.88 bits per heavy atom. The fourth-order valence-corrected chi connectivity index (χ4v) is 1.19. The van der Waals surface area contributed by atoms with Gasteiger partial charge in [-0.3, -0.25) is 4.79 Å². The molecule has 1 aromatic carbocycles. The Balaban J connectivity index is 0.000000221. The summed E-state index contributed by atoms with van der Waals surface area (Å²) in [4.78, 5) is 12.2. The Kier molecular flexibility index (Phi) is 4.61. The molecule has 0 aliphatic carbocycles. The first kappa shape index (κ1) is 11.8. The van der Waals surface area contributed by atoms with Gasteiger partial charge in [-0.2, -0.15) is 5.26 Å². The number of nitrogens with one attached hydrogen (secondary N) is 1. The molecule has 2 rings (SSSR count). The van der Waals surface area contributed by atoms with Crippen molar-refractivity contribution in [1.82, 2.24) is 4.98 Å². The summed E-state index contributed by atoms with van der Waals surface area (Å²) >= 11 is 0. The summed E-state index contributed by atoms with van der Waals surface area (Å²) in [5.41, 5.74) is 1.78. The second-order valence-corrected chi connectivity index (χ2v) is 2.94. The third-order valence-corrected chi connectivity index (χ3v) is 1.92. The van der Waals surface area contributed by atoms with Crippen LogP contribution in [0, 0.1) is 11.3 Å². The fourth-order valence-electron chi connectivity index (χ4n) is 1.19. The van der Waals surface area contributed by atoms with Crippen molar-refractivity contribution >= 4 is 17.4 Å². The predicted octanol–water partition coefficient (Wildman–Crippen LogP) is 2.22. The van der Waals surface area contributed by atoms with E-state index < -0.39 is 0 Å². The standard InChI is InChI=1S/C9H6N2.C3H6O2/c10-6-7-1-2-9-8(5-7)3-4-11-9;1-2-5-3-4/h1-5,11H;3H,2H2,1H3. The van der Waals surface area contributed by atoms with E-state index in [0.717, 1.165) is 10.9 Å². The Labute approximate surface area is 93.5 Å². The predicted molar refractivity (Wildman–Crippen MR) is 60.7 cm³/mol. The number of ether oxygens (including phenoxy) is 1. The molecular weight excluding hydrogens is 204 g/mol. The van der Waals surface area contributed by atoms with Crippen molar-refractivity contribution in [1.29, 1.82) is 5.26 Å². The lowest BCUT2D eigenvalue weighted by atomic mass is 10.2. The first-order valence-electron chi connectivity index (χ1n) is 4.84. The second-order valence-electron chi connectivity index (χ2n) is 2.94. The van der Waals surface area contributed by atoms with Crippen molar-refractivity contribution in [3.8, 4) is 6.07 Å². The lowest BCUT2D eigenvalue weighted by Gasteiger charge is -1.88. The Morgan fingerprint density at radius 1 is 1.50 bits per heavy atom. The maximum Gasteiger partial charge on any atom is 0.293 e. The summed E-state index contributed by atoms with van der Waals surface area (Å²) in [6.45, 7) is 2.66. The van der Waals surface area contributed by atoms with Crippen LogP contribution in [-0.4, -0.2) is 18.1 Å². The average molecular weight is 216 g/mol. The van der Waals surface area contributed by atoms with Gasteiger partial charge in [0.25, 0.3) is 6.47 Å². The zero-order valence-electron chi connectivity index (χ0n) is 8.93. The number of fused-ring (bicyclic) bond motifs is 1. The number of carbonyl (C=O) groups is 1. The van der Waals surface area contributed by atoms with Crippen molar-refractivity contribution in [3.05, 3.63) is 36.0 Å². The molecule has 16 heavy (non-hydrogen) atoms. The van der Waals surface area contributed by atoms with Gasteiger partial charge in [0.2, 0.25) is 0 Å². The molecule has 4 heteroatoms. The van der Waals surface area contributed by atoms with Gasteiger partial charge in [-0.15, -0.1) is 0 Å².